The Morgan fingerprint density at radius 2 is 1.83 bits per heavy atom. The summed E-state index contributed by atoms with van der Waals surface area (Å²) in [4.78, 5) is 0. The average molecular weight is 343 g/mol. The molecular weight excluding hydrogens is 330 g/mol. The molecule has 0 spiro atoms. The van der Waals surface area contributed by atoms with E-state index in [1.54, 1.807) is 13.8 Å². The van der Waals surface area contributed by atoms with Gasteiger partial charge in [0, 0.05) is 19.2 Å². The van der Waals surface area contributed by atoms with Gasteiger partial charge in [-0.05, 0) is 35.8 Å². The van der Waals surface area contributed by atoms with Crippen LogP contribution in [-0.2, 0) is 10.2 Å². The molecule has 0 amide bonds. The van der Waals surface area contributed by atoms with Crippen molar-refractivity contribution in [1.82, 2.24) is 4.31 Å². The van der Waals surface area contributed by atoms with E-state index in [9.17, 15) is 17.2 Å². The summed E-state index contributed by atoms with van der Waals surface area (Å²) in [5.74, 6) is -1.61. The van der Waals surface area contributed by atoms with Crippen molar-refractivity contribution in [3.63, 3.8) is 0 Å². The molecule has 0 aromatic heterocycles. The molecule has 0 bridgehead atoms. The number of benzene rings is 1. The van der Waals surface area contributed by atoms with Crippen molar-refractivity contribution in [2.45, 2.75) is 19.9 Å². The molecule has 0 aliphatic rings. The SMILES string of the molecule is CC(C)N(C)S(=O)(=O)Nc1cc(F)c(Br)cc1F. The van der Waals surface area contributed by atoms with Gasteiger partial charge in [-0.1, -0.05) is 0 Å². The van der Waals surface area contributed by atoms with Crippen LogP contribution in [0.4, 0.5) is 14.5 Å². The van der Waals surface area contributed by atoms with Gasteiger partial charge in [-0.2, -0.15) is 12.7 Å². The predicted molar refractivity (Wildman–Crippen MR) is 69.5 cm³/mol. The molecule has 1 rings (SSSR count). The van der Waals surface area contributed by atoms with Gasteiger partial charge in [0.15, 0.2) is 0 Å². The smallest absolute Gasteiger partial charge is 0.268 e. The number of anilines is 1. The summed E-state index contributed by atoms with van der Waals surface area (Å²) in [6.07, 6.45) is 0. The average Bonchev–Trinajstić information content (AvgIpc) is 2.24. The van der Waals surface area contributed by atoms with Crippen molar-refractivity contribution in [1.29, 1.82) is 0 Å². The van der Waals surface area contributed by atoms with Crippen LogP contribution in [0.5, 0.6) is 0 Å². The zero-order valence-corrected chi connectivity index (χ0v) is 12.4. The standard InChI is InChI=1S/C10H13BrF2N2O2S/c1-6(2)15(3)18(16,17)14-10-5-8(12)7(11)4-9(10)13/h4-6,14H,1-3H3. The second-order valence-electron chi connectivity index (χ2n) is 3.96. The second kappa shape index (κ2) is 5.50. The first kappa shape index (κ1) is 15.3. The van der Waals surface area contributed by atoms with Gasteiger partial charge in [0.1, 0.15) is 11.6 Å². The minimum Gasteiger partial charge on any atom is -0.268 e. The number of rotatable bonds is 4. The van der Waals surface area contributed by atoms with Crippen LogP contribution in [0, 0.1) is 11.6 Å². The Morgan fingerprint density at radius 1 is 1.28 bits per heavy atom. The highest BCUT2D eigenvalue weighted by atomic mass is 79.9. The Kier molecular flexibility index (Phi) is 4.68. The molecule has 0 saturated carbocycles. The Hall–Kier alpha value is -0.730. The summed E-state index contributed by atoms with van der Waals surface area (Å²) < 4.78 is 53.3. The van der Waals surface area contributed by atoms with Crippen molar-refractivity contribution >= 4 is 31.8 Å². The highest BCUT2D eigenvalue weighted by molar-refractivity contribution is 9.10. The van der Waals surface area contributed by atoms with E-state index >= 15 is 0 Å². The Bertz CT molecular complexity index is 549. The summed E-state index contributed by atoms with van der Waals surface area (Å²) in [6, 6.07) is 1.35. The van der Waals surface area contributed by atoms with Crippen molar-refractivity contribution < 1.29 is 17.2 Å². The number of halogens is 3. The van der Waals surface area contributed by atoms with E-state index in [1.165, 1.54) is 7.05 Å². The number of hydrogen-bond acceptors (Lipinski definition) is 2. The lowest BCUT2D eigenvalue weighted by Gasteiger charge is -2.21. The third kappa shape index (κ3) is 3.39. The molecule has 0 unspecified atom stereocenters. The zero-order valence-electron chi connectivity index (χ0n) is 10.0. The molecule has 1 N–H and O–H groups in total. The molecule has 4 nitrogen and oxygen atoms in total. The first-order valence-corrected chi connectivity index (χ1v) is 7.28. The molecule has 0 saturated heterocycles. The largest absolute Gasteiger partial charge is 0.301 e. The first-order valence-electron chi connectivity index (χ1n) is 5.05. The van der Waals surface area contributed by atoms with Crippen molar-refractivity contribution in [3.05, 3.63) is 28.2 Å². The van der Waals surface area contributed by atoms with Gasteiger partial charge in [-0.15, -0.1) is 0 Å². The number of hydrogen-bond donors (Lipinski definition) is 1. The normalized spacial score (nSPS) is 12.2. The predicted octanol–water partition coefficient (Wildman–Crippen LogP) is 2.72. The van der Waals surface area contributed by atoms with E-state index in [2.05, 4.69) is 15.9 Å². The van der Waals surface area contributed by atoms with E-state index in [-0.39, 0.29) is 10.5 Å². The van der Waals surface area contributed by atoms with E-state index in [1.807, 2.05) is 4.72 Å². The van der Waals surface area contributed by atoms with Crippen LogP contribution in [0.15, 0.2) is 16.6 Å². The molecular formula is C10H13BrF2N2O2S. The quantitative estimate of drug-likeness (QED) is 0.855. The Balaban J connectivity index is 3.09. The molecule has 0 aliphatic carbocycles. The minimum atomic E-state index is -3.90. The fourth-order valence-corrected chi connectivity index (χ4v) is 2.54. The third-order valence-corrected chi connectivity index (χ3v) is 4.62. The van der Waals surface area contributed by atoms with Crippen LogP contribution >= 0.6 is 15.9 Å². The summed E-state index contributed by atoms with van der Waals surface area (Å²) >= 11 is 2.81. The molecule has 0 fully saturated rings. The van der Waals surface area contributed by atoms with E-state index in [0.29, 0.717) is 0 Å². The monoisotopic (exact) mass is 342 g/mol. The molecule has 0 heterocycles. The van der Waals surface area contributed by atoms with Crippen molar-refractivity contribution in [2.75, 3.05) is 11.8 Å². The number of nitrogens with one attached hydrogen (secondary N) is 1. The molecule has 8 heteroatoms. The van der Waals surface area contributed by atoms with Gasteiger partial charge in [0.05, 0.1) is 10.2 Å². The second-order valence-corrected chi connectivity index (χ2v) is 6.55. The summed E-state index contributed by atoms with van der Waals surface area (Å²) in [5.41, 5.74) is -0.428. The van der Waals surface area contributed by atoms with Crippen LogP contribution < -0.4 is 4.72 Å². The van der Waals surface area contributed by atoms with Crippen molar-refractivity contribution in [3.8, 4) is 0 Å². The van der Waals surface area contributed by atoms with Gasteiger partial charge in [0.2, 0.25) is 0 Å². The van der Waals surface area contributed by atoms with Crippen molar-refractivity contribution in [2.24, 2.45) is 0 Å². The van der Waals surface area contributed by atoms with Gasteiger partial charge >= 0.3 is 10.2 Å². The molecule has 0 atom stereocenters. The van der Waals surface area contributed by atoms with E-state index in [0.717, 1.165) is 16.4 Å². The fraction of sp³-hybridized carbons (Fsp3) is 0.400. The molecule has 0 aliphatic heterocycles. The third-order valence-electron chi connectivity index (χ3n) is 2.36. The van der Waals surface area contributed by atoms with Gasteiger partial charge in [-0.25, -0.2) is 8.78 Å². The highest BCUT2D eigenvalue weighted by Crippen LogP contribution is 2.24. The van der Waals surface area contributed by atoms with Crippen LogP contribution in [0.3, 0.4) is 0 Å². The lowest BCUT2D eigenvalue weighted by Crippen LogP contribution is -2.37. The molecule has 102 valence electrons. The maximum Gasteiger partial charge on any atom is 0.301 e. The van der Waals surface area contributed by atoms with Gasteiger partial charge < -0.3 is 0 Å². The highest BCUT2D eigenvalue weighted by Gasteiger charge is 2.22. The fourth-order valence-electron chi connectivity index (χ4n) is 1.09. The maximum atomic E-state index is 13.5. The maximum absolute atomic E-state index is 13.5. The minimum absolute atomic E-state index is 0.0693. The zero-order chi connectivity index (χ0) is 14.1. The van der Waals surface area contributed by atoms with Gasteiger partial charge in [0.25, 0.3) is 0 Å². The van der Waals surface area contributed by atoms with Crippen LogP contribution in [0.1, 0.15) is 13.8 Å². The molecule has 0 radical (unpaired) electrons. The molecule has 1 aromatic carbocycles. The summed E-state index contributed by atoms with van der Waals surface area (Å²) in [7, 11) is -2.56. The van der Waals surface area contributed by atoms with E-state index in [4.69, 9.17) is 0 Å². The van der Waals surface area contributed by atoms with Crippen LogP contribution in [0.2, 0.25) is 0 Å². The van der Waals surface area contributed by atoms with Crippen LogP contribution in [0.25, 0.3) is 0 Å². The van der Waals surface area contributed by atoms with Gasteiger partial charge in [-0.3, -0.25) is 4.72 Å². The van der Waals surface area contributed by atoms with Crippen LogP contribution in [-0.4, -0.2) is 25.8 Å². The summed E-state index contributed by atoms with van der Waals surface area (Å²) in [5, 5.41) is 0. The lowest BCUT2D eigenvalue weighted by molar-refractivity contribution is 0.414. The Morgan fingerprint density at radius 3 is 2.33 bits per heavy atom. The lowest BCUT2D eigenvalue weighted by atomic mass is 10.3. The topological polar surface area (TPSA) is 49.4 Å². The summed E-state index contributed by atoms with van der Waals surface area (Å²) in [6.45, 7) is 3.33. The Labute approximate surface area is 113 Å². The van der Waals surface area contributed by atoms with E-state index < -0.39 is 27.5 Å². The number of nitrogens with zero attached hydrogens (tertiary/aromatic N) is 1. The molecule has 1 aromatic rings. The first-order chi connectivity index (χ1) is 8.15. The molecule has 18 heavy (non-hydrogen) atoms.